The van der Waals surface area contributed by atoms with E-state index >= 15 is 0 Å². The Morgan fingerprint density at radius 3 is 1.41 bits per heavy atom. The Morgan fingerprint density at radius 2 is 0.978 bits per heavy atom. The highest BCUT2D eigenvalue weighted by Crippen LogP contribution is 2.23. The molecule has 4 amide bonds. The molecule has 0 aromatic heterocycles. The zero-order valence-corrected chi connectivity index (χ0v) is 26.1. The molecule has 0 saturated carbocycles. The molecule has 0 saturated heterocycles. The predicted octanol–water partition coefficient (Wildman–Crippen LogP) is -0.698. The van der Waals surface area contributed by atoms with E-state index in [1.807, 2.05) is 4.90 Å². The number of ether oxygens (including phenoxy) is 3. The Bertz CT molecular complexity index is 1220. The van der Waals surface area contributed by atoms with Gasteiger partial charge < -0.3 is 51.0 Å². The number of amides is 4. The summed E-state index contributed by atoms with van der Waals surface area (Å²) in [6.07, 6.45) is 0. The molecule has 1 aliphatic rings. The summed E-state index contributed by atoms with van der Waals surface area (Å²) in [6, 6.07) is 8.76. The van der Waals surface area contributed by atoms with Gasteiger partial charge in [-0.15, -0.1) is 0 Å². The van der Waals surface area contributed by atoms with Gasteiger partial charge in [0.15, 0.2) is 0 Å². The molecule has 2 aromatic rings. The molecule has 0 unspecified atom stereocenters. The number of aromatic hydroxyl groups is 2. The normalized spacial score (nSPS) is 16.5. The van der Waals surface area contributed by atoms with E-state index in [-0.39, 0.29) is 48.4 Å². The van der Waals surface area contributed by atoms with Crippen LogP contribution in [-0.2, 0) is 14.2 Å². The summed E-state index contributed by atoms with van der Waals surface area (Å²) in [5.41, 5.74) is -0.128. The highest BCUT2D eigenvalue weighted by molar-refractivity contribution is 6.04. The fourth-order valence-corrected chi connectivity index (χ4v) is 4.50. The van der Waals surface area contributed by atoms with Crippen molar-refractivity contribution in [2.75, 3.05) is 99.0 Å². The lowest BCUT2D eigenvalue weighted by atomic mass is 10.1. The second-order valence-corrected chi connectivity index (χ2v) is 10.2. The van der Waals surface area contributed by atoms with Crippen LogP contribution < -0.4 is 26.6 Å². The highest BCUT2D eigenvalue weighted by atomic mass is 16.5. The van der Waals surface area contributed by atoms with Crippen molar-refractivity contribution in [3.8, 4) is 11.5 Å². The van der Waals surface area contributed by atoms with Crippen molar-refractivity contribution in [1.82, 2.24) is 31.5 Å². The van der Waals surface area contributed by atoms with Crippen LogP contribution in [0.15, 0.2) is 36.4 Å². The van der Waals surface area contributed by atoms with Gasteiger partial charge >= 0.3 is 0 Å². The minimum atomic E-state index is -0.543. The first kappa shape index (κ1) is 36.2. The molecule has 0 atom stereocenters. The lowest BCUT2D eigenvalue weighted by Gasteiger charge is -2.23. The molecule has 0 fully saturated rings. The first-order valence-electron chi connectivity index (χ1n) is 15.2. The van der Waals surface area contributed by atoms with Gasteiger partial charge in [-0.2, -0.15) is 0 Å². The standard InChI is InChI=1S/C31H44N6O9/c1-44-18-19-46-21-20-45-17-16-37-14-12-35-30(42)24-6-2-4-22(26(24)38)28(40)33-10-8-32-9-11-34-29(41)23-5-3-7-25(27(23)39)31(43)36-13-15-37/h2-7,32,38-39H,8-21H2,1H3,(H,33,40)(H,34,41)(H,35,42)(H,36,43). The molecule has 1 aliphatic heterocycles. The average molecular weight is 645 g/mol. The second kappa shape index (κ2) is 20.0. The first-order chi connectivity index (χ1) is 22.3. The van der Waals surface area contributed by atoms with Gasteiger partial charge in [-0.1, -0.05) is 12.1 Å². The topological polar surface area (TPSA) is 200 Å². The number of benzene rings is 2. The minimum Gasteiger partial charge on any atom is -0.506 e. The molecule has 4 bridgehead atoms. The van der Waals surface area contributed by atoms with Crippen LogP contribution in [0.2, 0.25) is 0 Å². The third-order valence-electron chi connectivity index (χ3n) is 7.01. The molecular weight excluding hydrogens is 600 g/mol. The molecule has 46 heavy (non-hydrogen) atoms. The van der Waals surface area contributed by atoms with Crippen LogP contribution in [-0.4, -0.2) is 138 Å². The highest BCUT2D eigenvalue weighted by Gasteiger charge is 2.20. The van der Waals surface area contributed by atoms with Crippen molar-refractivity contribution in [2.45, 2.75) is 0 Å². The summed E-state index contributed by atoms with van der Waals surface area (Å²) in [7, 11) is 1.60. The summed E-state index contributed by atoms with van der Waals surface area (Å²) in [6.45, 7) is 4.93. The maximum atomic E-state index is 12.9. The number of rotatable bonds is 9. The number of nitrogens with one attached hydrogen (secondary N) is 5. The summed E-state index contributed by atoms with van der Waals surface area (Å²) < 4.78 is 16.0. The summed E-state index contributed by atoms with van der Waals surface area (Å²) in [5, 5.41) is 35.3. The Labute approximate surface area is 268 Å². The molecule has 3 rings (SSSR count). The Morgan fingerprint density at radius 1 is 0.587 bits per heavy atom. The SMILES string of the molecule is COCCOCCOCCN1CCNC(=O)c2cccc(c2O)C(=O)NCCNCCNC(=O)c2cccc(c2O)C(=O)NCC1. The van der Waals surface area contributed by atoms with Crippen LogP contribution in [0.4, 0.5) is 0 Å². The van der Waals surface area contributed by atoms with Crippen molar-refractivity contribution in [3.63, 3.8) is 0 Å². The Balaban J connectivity index is 1.69. The number of phenolic OH excluding ortho intramolecular Hbond substituents is 2. The van der Waals surface area contributed by atoms with Gasteiger partial charge in [0.1, 0.15) is 11.5 Å². The van der Waals surface area contributed by atoms with Crippen molar-refractivity contribution in [1.29, 1.82) is 0 Å². The number of carbonyl (C=O) groups excluding carboxylic acids is 4. The number of nitrogens with zero attached hydrogens (tertiary/aromatic N) is 1. The Hall–Kier alpha value is -4.28. The number of phenols is 2. The van der Waals surface area contributed by atoms with E-state index in [1.165, 1.54) is 36.4 Å². The number of hydrogen-bond acceptors (Lipinski definition) is 11. The number of carbonyl (C=O) groups is 4. The summed E-state index contributed by atoms with van der Waals surface area (Å²) in [5.74, 6) is -3.00. The van der Waals surface area contributed by atoms with Crippen LogP contribution in [0.1, 0.15) is 41.4 Å². The third-order valence-corrected chi connectivity index (χ3v) is 7.01. The summed E-state index contributed by atoms with van der Waals surface area (Å²) in [4.78, 5) is 53.2. The molecule has 15 heteroatoms. The third kappa shape index (κ3) is 11.6. The molecule has 0 aliphatic carbocycles. The van der Waals surface area contributed by atoms with E-state index in [1.54, 1.807) is 7.11 Å². The fourth-order valence-electron chi connectivity index (χ4n) is 4.50. The van der Waals surface area contributed by atoms with E-state index in [2.05, 4.69) is 26.6 Å². The Kier molecular flexibility index (Phi) is 15.7. The van der Waals surface area contributed by atoms with Crippen molar-refractivity contribution >= 4 is 23.6 Å². The average Bonchev–Trinajstić information content (AvgIpc) is 3.04. The molecule has 1 heterocycles. The van der Waals surface area contributed by atoms with Gasteiger partial charge in [0.25, 0.3) is 23.6 Å². The monoisotopic (exact) mass is 644 g/mol. The van der Waals surface area contributed by atoms with E-state index in [4.69, 9.17) is 14.2 Å². The summed E-state index contributed by atoms with van der Waals surface area (Å²) >= 11 is 0. The van der Waals surface area contributed by atoms with Crippen LogP contribution in [0.3, 0.4) is 0 Å². The van der Waals surface area contributed by atoms with Crippen LogP contribution in [0.5, 0.6) is 11.5 Å². The first-order valence-corrected chi connectivity index (χ1v) is 15.2. The van der Waals surface area contributed by atoms with Crippen molar-refractivity contribution < 1.29 is 43.6 Å². The predicted molar refractivity (Wildman–Crippen MR) is 168 cm³/mol. The van der Waals surface area contributed by atoms with Gasteiger partial charge in [0, 0.05) is 66.0 Å². The number of methoxy groups -OCH3 is 1. The number of para-hydroxylation sites is 2. The smallest absolute Gasteiger partial charge is 0.255 e. The van der Waals surface area contributed by atoms with Gasteiger partial charge in [-0.3, -0.25) is 24.1 Å². The van der Waals surface area contributed by atoms with Gasteiger partial charge in [0.05, 0.1) is 55.3 Å². The van der Waals surface area contributed by atoms with Crippen LogP contribution in [0.25, 0.3) is 0 Å². The van der Waals surface area contributed by atoms with Gasteiger partial charge in [-0.05, 0) is 24.3 Å². The molecule has 0 spiro atoms. The molecule has 7 N–H and O–H groups in total. The van der Waals surface area contributed by atoms with Gasteiger partial charge in [-0.25, -0.2) is 0 Å². The zero-order valence-electron chi connectivity index (χ0n) is 26.1. The van der Waals surface area contributed by atoms with E-state index < -0.39 is 35.1 Å². The largest absolute Gasteiger partial charge is 0.506 e. The second-order valence-electron chi connectivity index (χ2n) is 10.2. The van der Waals surface area contributed by atoms with Crippen molar-refractivity contribution in [3.05, 3.63) is 58.7 Å². The molecule has 2 aromatic carbocycles. The van der Waals surface area contributed by atoms with E-state index in [0.29, 0.717) is 65.8 Å². The van der Waals surface area contributed by atoms with Gasteiger partial charge in [0.2, 0.25) is 0 Å². The molecular formula is C31H44N6O9. The van der Waals surface area contributed by atoms with E-state index in [0.717, 1.165) is 0 Å². The molecule has 0 radical (unpaired) electrons. The van der Waals surface area contributed by atoms with E-state index in [9.17, 15) is 29.4 Å². The quantitative estimate of drug-likeness (QED) is 0.170. The van der Waals surface area contributed by atoms with Crippen LogP contribution >= 0.6 is 0 Å². The maximum Gasteiger partial charge on any atom is 0.255 e. The van der Waals surface area contributed by atoms with Crippen LogP contribution in [0, 0.1) is 0 Å². The fraction of sp³-hybridized carbons (Fsp3) is 0.484. The lowest BCUT2D eigenvalue weighted by molar-refractivity contribution is 0.0196. The molecule has 252 valence electrons. The lowest BCUT2D eigenvalue weighted by Crippen LogP contribution is -2.41. The maximum absolute atomic E-state index is 12.9. The number of hydrogen-bond donors (Lipinski definition) is 7. The van der Waals surface area contributed by atoms with Crippen molar-refractivity contribution in [2.24, 2.45) is 0 Å². The molecule has 15 nitrogen and oxygen atoms in total. The minimum absolute atomic E-state index is 0.0304. The number of fused-ring (bicyclic) bond motifs is 4. The zero-order chi connectivity index (χ0) is 33.1.